The average Bonchev–Trinajstić information content (AvgIpc) is 3.35. The molecule has 0 saturated heterocycles. The molecule has 4 heteroatoms. The second-order valence-electron chi connectivity index (χ2n) is 8.55. The third kappa shape index (κ3) is 3.59. The molecule has 5 aromatic rings. The molecule has 1 unspecified atom stereocenters. The predicted octanol–water partition coefficient (Wildman–Crippen LogP) is 6.03. The molecule has 0 fully saturated rings. The number of pyridine rings is 2. The smallest absolute Gasteiger partial charge is 0.106 e. The summed E-state index contributed by atoms with van der Waals surface area (Å²) in [6, 6.07) is 29.9. The highest BCUT2D eigenvalue weighted by molar-refractivity contribution is 5.84. The molecule has 0 aliphatic rings. The lowest BCUT2D eigenvalue weighted by molar-refractivity contribution is 0.221. The molecular formula is C28H25N3O. The van der Waals surface area contributed by atoms with Gasteiger partial charge in [-0.1, -0.05) is 60.7 Å². The van der Waals surface area contributed by atoms with Crippen LogP contribution in [0.2, 0.25) is 0 Å². The van der Waals surface area contributed by atoms with Crippen LogP contribution in [0.15, 0.2) is 97.2 Å². The fourth-order valence-corrected chi connectivity index (χ4v) is 4.14. The summed E-state index contributed by atoms with van der Waals surface area (Å²) >= 11 is 0. The fourth-order valence-electron chi connectivity index (χ4n) is 4.14. The van der Waals surface area contributed by atoms with Crippen molar-refractivity contribution in [3.05, 3.63) is 120 Å². The van der Waals surface area contributed by atoms with Crippen LogP contribution >= 0.6 is 0 Å². The second kappa shape index (κ2) is 8.06. The fraction of sp³-hybridized carbons (Fsp3) is 0.143. The van der Waals surface area contributed by atoms with E-state index in [-0.39, 0.29) is 5.41 Å². The van der Waals surface area contributed by atoms with Crippen molar-refractivity contribution in [3.63, 3.8) is 0 Å². The van der Waals surface area contributed by atoms with Gasteiger partial charge < -0.3 is 10.1 Å². The van der Waals surface area contributed by atoms with Crippen molar-refractivity contribution in [1.29, 1.82) is 0 Å². The van der Waals surface area contributed by atoms with Gasteiger partial charge in [0.25, 0.3) is 0 Å². The summed E-state index contributed by atoms with van der Waals surface area (Å²) in [5.74, 6) is 0. The summed E-state index contributed by atoms with van der Waals surface area (Å²) in [5, 5.41) is 12.0. The molecule has 2 N–H and O–H groups in total. The first kappa shape index (κ1) is 20.2. The van der Waals surface area contributed by atoms with E-state index in [0.717, 1.165) is 44.8 Å². The molecule has 1 atom stereocenters. The Hall–Kier alpha value is -3.76. The zero-order valence-electron chi connectivity index (χ0n) is 18.2. The third-order valence-corrected chi connectivity index (χ3v) is 6.10. The highest BCUT2D eigenvalue weighted by atomic mass is 16.3. The maximum absolute atomic E-state index is 11.0. The third-order valence-electron chi connectivity index (χ3n) is 6.10. The van der Waals surface area contributed by atoms with Crippen LogP contribution in [0.5, 0.6) is 0 Å². The lowest BCUT2D eigenvalue weighted by atomic mass is 9.85. The first-order valence-corrected chi connectivity index (χ1v) is 10.8. The van der Waals surface area contributed by atoms with Crippen molar-refractivity contribution in [2.75, 3.05) is 0 Å². The van der Waals surface area contributed by atoms with Gasteiger partial charge in [-0.3, -0.25) is 4.98 Å². The van der Waals surface area contributed by atoms with Gasteiger partial charge in [-0.25, -0.2) is 4.98 Å². The number of benzene rings is 2. The Labute approximate surface area is 187 Å². The standard InChI is InChI=1S/C28H25N3O/c1-28(2,24-13-6-7-18-29-24)25-17-16-22(30-25)23-15-14-19-11-8-12-21(26(19)31-23)27(32)20-9-4-3-5-10-20/h3-18,27,30,32H,1-2H3. The number of para-hydroxylation sites is 1. The normalized spacial score (nSPS) is 12.7. The number of aromatic nitrogens is 3. The minimum Gasteiger partial charge on any atom is -0.384 e. The SMILES string of the molecule is CC(C)(c1ccccn1)c1ccc(-c2ccc3cccc(C(O)c4ccccc4)c3n2)[nH]1. The molecule has 3 heterocycles. The Morgan fingerprint density at radius 2 is 1.62 bits per heavy atom. The minimum absolute atomic E-state index is 0.259. The zero-order valence-corrected chi connectivity index (χ0v) is 18.2. The van der Waals surface area contributed by atoms with Crippen molar-refractivity contribution in [3.8, 4) is 11.4 Å². The highest BCUT2D eigenvalue weighted by Crippen LogP contribution is 2.33. The van der Waals surface area contributed by atoms with Gasteiger partial charge in [0.2, 0.25) is 0 Å². The Balaban J connectivity index is 1.55. The molecular weight excluding hydrogens is 394 g/mol. The van der Waals surface area contributed by atoms with Gasteiger partial charge in [-0.05, 0) is 49.7 Å². The number of rotatable bonds is 5. The van der Waals surface area contributed by atoms with Crippen LogP contribution in [0.25, 0.3) is 22.3 Å². The van der Waals surface area contributed by atoms with E-state index in [2.05, 4.69) is 42.0 Å². The number of nitrogens with one attached hydrogen (secondary N) is 1. The Morgan fingerprint density at radius 1 is 0.812 bits per heavy atom. The van der Waals surface area contributed by atoms with Crippen LogP contribution in [0.4, 0.5) is 0 Å². The van der Waals surface area contributed by atoms with Crippen LogP contribution in [0.1, 0.15) is 42.5 Å². The van der Waals surface area contributed by atoms with Gasteiger partial charge in [0.1, 0.15) is 6.10 Å². The molecule has 3 aromatic heterocycles. The van der Waals surface area contributed by atoms with E-state index in [1.807, 2.05) is 79.0 Å². The summed E-state index contributed by atoms with van der Waals surface area (Å²) in [4.78, 5) is 13.0. The van der Waals surface area contributed by atoms with Crippen LogP contribution in [-0.4, -0.2) is 20.1 Å². The van der Waals surface area contributed by atoms with E-state index in [4.69, 9.17) is 4.98 Å². The molecule has 0 radical (unpaired) electrons. The molecule has 2 aromatic carbocycles. The molecule has 0 bridgehead atoms. The topological polar surface area (TPSA) is 61.8 Å². The number of aromatic amines is 1. The first-order chi connectivity index (χ1) is 15.5. The average molecular weight is 420 g/mol. The molecule has 0 spiro atoms. The molecule has 4 nitrogen and oxygen atoms in total. The van der Waals surface area contributed by atoms with Gasteiger partial charge in [0.05, 0.1) is 22.6 Å². The largest absolute Gasteiger partial charge is 0.384 e. The van der Waals surface area contributed by atoms with Crippen molar-refractivity contribution >= 4 is 10.9 Å². The number of H-pyrrole nitrogens is 1. The summed E-state index contributed by atoms with van der Waals surface area (Å²) < 4.78 is 0. The number of aliphatic hydroxyl groups excluding tert-OH is 1. The predicted molar refractivity (Wildman–Crippen MR) is 128 cm³/mol. The van der Waals surface area contributed by atoms with Crippen LogP contribution < -0.4 is 0 Å². The van der Waals surface area contributed by atoms with Crippen molar-refractivity contribution in [2.24, 2.45) is 0 Å². The summed E-state index contributed by atoms with van der Waals surface area (Å²) in [7, 11) is 0. The van der Waals surface area contributed by atoms with Crippen LogP contribution in [0, 0.1) is 0 Å². The molecule has 158 valence electrons. The van der Waals surface area contributed by atoms with Gasteiger partial charge in [-0.15, -0.1) is 0 Å². The lowest BCUT2D eigenvalue weighted by Gasteiger charge is -2.22. The van der Waals surface area contributed by atoms with E-state index in [9.17, 15) is 5.11 Å². The van der Waals surface area contributed by atoms with Gasteiger partial charge in [-0.2, -0.15) is 0 Å². The Bertz CT molecular complexity index is 1360. The number of hydrogen-bond donors (Lipinski definition) is 2. The van der Waals surface area contributed by atoms with Gasteiger partial charge >= 0.3 is 0 Å². The molecule has 5 rings (SSSR count). The van der Waals surface area contributed by atoms with E-state index in [0.29, 0.717) is 0 Å². The van der Waals surface area contributed by atoms with E-state index < -0.39 is 6.10 Å². The van der Waals surface area contributed by atoms with E-state index in [1.54, 1.807) is 0 Å². The van der Waals surface area contributed by atoms with Crippen molar-refractivity contribution in [1.82, 2.24) is 15.0 Å². The number of nitrogens with zero attached hydrogens (tertiary/aromatic N) is 2. The van der Waals surface area contributed by atoms with Crippen LogP contribution in [0.3, 0.4) is 0 Å². The van der Waals surface area contributed by atoms with E-state index >= 15 is 0 Å². The van der Waals surface area contributed by atoms with Crippen molar-refractivity contribution < 1.29 is 5.11 Å². The maximum atomic E-state index is 11.0. The van der Waals surface area contributed by atoms with E-state index in [1.165, 1.54) is 0 Å². The highest BCUT2D eigenvalue weighted by Gasteiger charge is 2.26. The number of hydrogen-bond acceptors (Lipinski definition) is 3. The van der Waals surface area contributed by atoms with Crippen LogP contribution in [-0.2, 0) is 5.41 Å². The summed E-state index contributed by atoms with van der Waals surface area (Å²) in [5.41, 5.74) is 6.07. The molecule has 0 amide bonds. The Kier molecular flexibility index (Phi) is 5.08. The minimum atomic E-state index is -0.732. The van der Waals surface area contributed by atoms with Gasteiger partial charge in [0.15, 0.2) is 0 Å². The summed E-state index contributed by atoms with van der Waals surface area (Å²) in [6.07, 6.45) is 1.09. The van der Waals surface area contributed by atoms with Crippen molar-refractivity contribution in [2.45, 2.75) is 25.4 Å². The monoisotopic (exact) mass is 419 g/mol. The quantitative estimate of drug-likeness (QED) is 0.365. The molecule has 0 aliphatic carbocycles. The Morgan fingerprint density at radius 3 is 2.41 bits per heavy atom. The zero-order chi connectivity index (χ0) is 22.1. The number of fused-ring (bicyclic) bond motifs is 1. The molecule has 0 saturated carbocycles. The first-order valence-electron chi connectivity index (χ1n) is 10.8. The lowest BCUT2D eigenvalue weighted by Crippen LogP contribution is -2.20. The van der Waals surface area contributed by atoms with Gasteiger partial charge in [0, 0.05) is 28.3 Å². The number of aliphatic hydroxyl groups is 1. The second-order valence-corrected chi connectivity index (χ2v) is 8.55. The summed E-state index contributed by atoms with van der Waals surface area (Å²) in [6.45, 7) is 4.32. The molecule has 0 aliphatic heterocycles. The molecule has 32 heavy (non-hydrogen) atoms. The maximum Gasteiger partial charge on any atom is 0.106 e.